The summed E-state index contributed by atoms with van der Waals surface area (Å²) < 4.78 is 51.8. The molecule has 0 atom stereocenters. The summed E-state index contributed by atoms with van der Waals surface area (Å²) in [5.41, 5.74) is -0.792. The fourth-order valence-electron chi connectivity index (χ4n) is 1.98. The molecule has 0 saturated heterocycles. The second-order valence-corrected chi connectivity index (χ2v) is 4.56. The minimum atomic E-state index is -4.68. The summed E-state index contributed by atoms with van der Waals surface area (Å²) in [6.07, 6.45) is -4.68. The summed E-state index contributed by atoms with van der Waals surface area (Å²) in [4.78, 5) is 11.0. The molecule has 0 heterocycles. The van der Waals surface area contributed by atoms with E-state index in [1.165, 1.54) is 12.1 Å². The van der Waals surface area contributed by atoms with Gasteiger partial charge in [-0.2, -0.15) is 13.2 Å². The Balaban J connectivity index is 2.71. The van der Waals surface area contributed by atoms with Crippen molar-refractivity contribution in [1.29, 1.82) is 0 Å². The van der Waals surface area contributed by atoms with Crippen LogP contribution in [0.2, 0.25) is 0 Å². The third-order valence-corrected chi connectivity index (χ3v) is 3.02. The average molecular weight is 298 g/mol. The van der Waals surface area contributed by atoms with Crippen molar-refractivity contribution in [2.45, 2.75) is 13.1 Å². The van der Waals surface area contributed by atoms with Crippen LogP contribution in [0.4, 0.5) is 17.6 Å². The zero-order chi connectivity index (χ0) is 15.8. The van der Waals surface area contributed by atoms with Gasteiger partial charge in [0.2, 0.25) is 0 Å². The average Bonchev–Trinajstić information content (AvgIpc) is 2.40. The summed E-state index contributed by atoms with van der Waals surface area (Å²) in [5, 5.41) is 8.93. The highest BCUT2D eigenvalue weighted by Gasteiger charge is 2.32. The van der Waals surface area contributed by atoms with E-state index in [1.54, 1.807) is 6.92 Å². The van der Waals surface area contributed by atoms with E-state index >= 15 is 0 Å². The van der Waals surface area contributed by atoms with Crippen LogP contribution in [0.25, 0.3) is 11.1 Å². The van der Waals surface area contributed by atoms with Gasteiger partial charge in [-0.25, -0.2) is 9.18 Å². The maximum Gasteiger partial charge on any atom is 0.416 e. The predicted molar refractivity (Wildman–Crippen MR) is 68.5 cm³/mol. The molecule has 0 aromatic heterocycles. The van der Waals surface area contributed by atoms with E-state index in [0.717, 1.165) is 18.2 Å². The van der Waals surface area contributed by atoms with Gasteiger partial charge in [0, 0.05) is 0 Å². The van der Waals surface area contributed by atoms with Crippen LogP contribution in [0.1, 0.15) is 21.5 Å². The van der Waals surface area contributed by atoms with Crippen LogP contribution in [0.5, 0.6) is 0 Å². The number of aromatic carboxylic acids is 1. The van der Waals surface area contributed by atoms with Crippen molar-refractivity contribution in [3.63, 3.8) is 0 Å². The van der Waals surface area contributed by atoms with Gasteiger partial charge in [0.1, 0.15) is 5.82 Å². The molecule has 110 valence electrons. The number of alkyl halides is 3. The number of carbonyl (C=O) groups is 1. The minimum Gasteiger partial charge on any atom is -0.478 e. The summed E-state index contributed by atoms with van der Waals surface area (Å²) in [6, 6.07) is 6.15. The number of halogens is 4. The molecule has 2 aromatic carbocycles. The third kappa shape index (κ3) is 3.21. The zero-order valence-corrected chi connectivity index (χ0v) is 10.8. The molecule has 1 N–H and O–H groups in total. The first-order valence-corrected chi connectivity index (χ1v) is 5.90. The van der Waals surface area contributed by atoms with E-state index in [-0.39, 0.29) is 11.1 Å². The summed E-state index contributed by atoms with van der Waals surface area (Å²) in [7, 11) is 0. The minimum absolute atomic E-state index is 0.0132. The van der Waals surface area contributed by atoms with Gasteiger partial charge in [-0.15, -0.1) is 0 Å². The van der Waals surface area contributed by atoms with E-state index in [1.807, 2.05) is 0 Å². The second kappa shape index (κ2) is 5.20. The van der Waals surface area contributed by atoms with E-state index in [9.17, 15) is 22.4 Å². The Hall–Kier alpha value is -2.37. The zero-order valence-electron chi connectivity index (χ0n) is 10.8. The van der Waals surface area contributed by atoms with Crippen molar-refractivity contribution in [3.8, 4) is 11.1 Å². The molecule has 0 amide bonds. The summed E-state index contributed by atoms with van der Waals surface area (Å²) in [6.45, 7) is 1.61. The maximum absolute atomic E-state index is 13.3. The topological polar surface area (TPSA) is 37.3 Å². The monoisotopic (exact) mass is 298 g/mol. The van der Waals surface area contributed by atoms with Gasteiger partial charge in [-0.1, -0.05) is 6.07 Å². The Kier molecular flexibility index (Phi) is 3.72. The summed E-state index contributed by atoms with van der Waals surface area (Å²) in [5.74, 6) is -2.08. The molecule has 0 spiro atoms. The predicted octanol–water partition coefficient (Wildman–Crippen LogP) is 4.52. The van der Waals surface area contributed by atoms with Crippen LogP contribution < -0.4 is 0 Å². The first-order valence-electron chi connectivity index (χ1n) is 5.90. The van der Waals surface area contributed by atoms with E-state index in [2.05, 4.69) is 0 Å². The molecule has 0 bridgehead atoms. The van der Waals surface area contributed by atoms with Crippen LogP contribution in [0.3, 0.4) is 0 Å². The molecule has 0 fully saturated rings. The molecule has 2 rings (SSSR count). The molecule has 6 heteroatoms. The van der Waals surface area contributed by atoms with Crippen LogP contribution in [0.15, 0.2) is 36.4 Å². The Labute approximate surface area is 117 Å². The lowest BCUT2D eigenvalue weighted by Gasteiger charge is -2.12. The van der Waals surface area contributed by atoms with Crippen molar-refractivity contribution in [3.05, 3.63) is 58.9 Å². The molecular weight excluding hydrogens is 288 g/mol. The standard InChI is InChI=1S/C15H10F4O2/c1-8-2-3-12(16)7-13(8)9-4-10(14(20)21)6-11(5-9)15(17,18)19/h2-7H,1H3,(H,20,21). The fourth-order valence-corrected chi connectivity index (χ4v) is 1.98. The van der Waals surface area contributed by atoms with Gasteiger partial charge in [-0.05, 0) is 53.9 Å². The van der Waals surface area contributed by atoms with Gasteiger partial charge < -0.3 is 5.11 Å². The van der Waals surface area contributed by atoms with Crippen molar-refractivity contribution < 1.29 is 27.5 Å². The van der Waals surface area contributed by atoms with E-state index in [4.69, 9.17) is 5.11 Å². The van der Waals surface area contributed by atoms with Gasteiger partial charge in [0.15, 0.2) is 0 Å². The number of benzene rings is 2. The molecule has 0 aliphatic rings. The highest BCUT2D eigenvalue weighted by Crippen LogP contribution is 2.34. The smallest absolute Gasteiger partial charge is 0.416 e. The lowest BCUT2D eigenvalue weighted by molar-refractivity contribution is -0.137. The van der Waals surface area contributed by atoms with Crippen molar-refractivity contribution in [2.24, 2.45) is 0 Å². The first kappa shape index (κ1) is 15.0. The van der Waals surface area contributed by atoms with E-state index < -0.39 is 29.1 Å². The van der Waals surface area contributed by atoms with Gasteiger partial charge in [0.25, 0.3) is 0 Å². The van der Waals surface area contributed by atoms with Crippen LogP contribution in [0, 0.1) is 12.7 Å². The Morgan fingerprint density at radius 3 is 2.33 bits per heavy atom. The fraction of sp³-hybridized carbons (Fsp3) is 0.133. The van der Waals surface area contributed by atoms with Gasteiger partial charge in [0.05, 0.1) is 11.1 Å². The lowest BCUT2D eigenvalue weighted by atomic mass is 9.96. The third-order valence-electron chi connectivity index (χ3n) is 3.02. The van der Waals surface area contributed by atoms with Gasteiger partial charge >= 0.3 is 12.1 Å². The van der Waals surface area contributed by atoms with Gasteiger partial charge in [-0.3, -0.25) is 0 Å². The number of rotatable bonds is 2. The van der Waals surface area contributed by atoms with E-state index in [0.29, 0.717) is 11.6 Å². The molecule has 0 unspecified atom stereocenters. The Morgan fingerprint density at radius 1 is 1.10 bits per heavy atom. The summed E-state index contributed by atoms with van der Waals surface area (Å²) >= 11 is 0. The molecule has 21 heavy (non-hydrogen) atoms. The second-order valence-electron chi connectivity index (χ2n) is 4.56. The van der Waals surface area contributed by atoms with Crippen molar-refractivity contribution in [2.75, 3.05) is 0 Å². The molecule has 2 aromatic rings. The SMILES string of the molecule is Cc1ccc(F)cc1-c1cc(C(=O)O)cc(C(F)(F)F)c1. The number of carboxylic acids is 1. The molecule has 0 aliphatic heterocycles. The Morgan fingerprint density at radius 2 is 1.76 bits per heavy atom. The first-order chi connectivity index (χ1) is 9.68. The van der Waals surface area contributed by atoms with Crippen LogP contribution in [-0.4, -0.2) is 11.1 Å². The highest BCUT2D eigenvalue weighted by molar-refractivity contribution is 5.90. The van der Waals surface area contributed by atoms with Crippen LogP contribution >= 0.6 is 0 Å². The van der Waals surface area contributed by atoms with Crippen molar-refractivity contribution >= 4 is 5.97 Å². The maximum atomic E-state index is 13.3. The normalized spacial score (nSPS) is 11.5. The molecule has 0 aliphatic carbocycles. The molecule has 0 radical (unpaired) electrons. The largest absolute Gasteiger partial charge is 0.478 e. The quantitative estimate of drug-likeness (QED) is 0.828. The van der Waals surface area contributed by atoms with Crippen LogP contribution in [-0.2, 0) is 6.18 Å². The number of hydrogen-bond acceptors (Lipinski definition) is 1. The highest BCUT2D eigenvalue weighted by atomic mass is 19.4. The number of aryl methyl sites for hydroxylation is 1. The number of carboxylic acid groups (broad SMARTS) is 1. The van der Waals surface area contributed by atoms with Crippen molar-refractivity contribution in [1.82, 2.24) is 0 Å². The lowest BCUT2D eigenvalue weighted by Crippen LogP contribution is -2.08. The molecule has 2 nitrogen and oxygen atoms in total. The molecular formula is C15H10F4O2. The molecule has 0 saturated carbocycles. The number of hydrogen-bond donors (Lipinski definition) is 1. The Bertz CT molecular complexity index is 705.